The van der Waals surface area contributed by atoms with Crippen LogP contribution in [0.5, 0.6) is 0 Å². The van der Waals surface area contributed by atoms with Gasteiger partial charge in [-0.3, -0.25) is 4.79 Å². The minimum atomic E-state index is -0.216. The first-order valence-electron chi connectivity index (χ1n) is 10.4. The topological polar surface area (TPSA) is 32.3 Å². The van der Waals surface area contributed by atoms with Crippen molar-refractivity contribution >= 4 is 5.91 Å². The Balaban J connectivity index is 1.68. The van der Waals surface area contributed by atoms with Crippen LogP contribution >= 0.6 is 0 Å². The van der Waals surface area contributed by atoms with Gasteiger partial charge < -0.3 is 10.2 Å². The molecule has 0 spiro atoms. The molecule has 2 aliphatic carbocycles. The zero-order valence-corrected chi connectivity index (χ0v) is 16.7. The van der Waals surface area contributed by atoms with Gasteiger partial charge in [0.1, 0.15) is 0 Å². The summed E-state index contributed by atoms with van der Waals surface area (Å²) in [6.07, 6.45) is 5.78. The second-order valence-electron chi connectivity index (χ2n) is 10.2. The van der Waals surface area contributed by atoms with Crippen molar-refractivity contribution in [3.8, 4) is 0 Å². The Morgan fingerprint density at radius 3 is 2.38 bits per heavy atom. The van der Waals surface area contributed by atoms with Crippen LogP contribution in [0, 0.1) is 16.7 Å². The molecule has 0 radical (unpaired) electrons. The van der Waals surface area contributed by atoms with Crippen LogP contribution in [-0.2, 0) is 10.2 Å². The summed E-state index contributed by atoms with van der Waals surface area (Å²) in [4.78, 5) is 15.7. The summed E-state index contributed by atoms with van der Waals surface area (Å²) in [5.41, 5.74) is 1.76. The van der Waals surface area contributed by atoms with E-state index in [2.05, 4.69) is 61.3 Å². The lowest BCUT2D eigenvalue weighted by Crippen LogP contribution is -2.57. The van der Waals surface area contributed by atoms with Crippen molar-refractivity contribution in [3.63, 3.8) is 0 Å². The van der Waals surface area contributed by atoms with Crippen LogP contribution in [0.25, 0.3) is 0 Å². The highest BCUT2D eigenvalue weighted by Gasteiger charge is 2.56. The van der Waals surface area contributed by atoms with E-state index in [-0.39, 0.29) is 10.8 Å². The average molecular weight is 355 g/mol. The molecule has 2 saturated carbocycles. The summed E-state index contributed by atoms with van der Waals surface area (Å²) in [6, 6.07) is 11.1. The Kier molecular flexibility index (Phi) is 4.42. The van der Waals surface area contributed by atoms with Gasteiger partial charge >= 0.3 is 0 Å². The summed E-state index contributed by atoms with van der Waals surface area (Å²) in [7, 11) is 0. The predicted octanol–water partition coefficient (Wildman–Crippen LogP) is 3.98. The molecular weight excluding hydrogens is 320 g/mol. The van der Waals surface area contributed by atoms with Crippen LogP contribution in [0.2, 0.25) is 0 Å². The molecule has 4 rings (SSSR count). The number of hydrogen-bond acceptors (Lipinski definition) is 2. The van der Waals surface area contributed by atoms with Crippen molar-refractivity contribution in [2.45, 2.75) is 58.3 Å². The number of benzene rings is 1. The molecule has 1 aliphatic heterocycles. The van der Waals surface area contributed by atoms with E-state index in [4.69, 9.17) is 0 Å². The van der Waals surface area contributed by atoms with E-state index in [1.807, 2.05) is 0 Å². The number of carbonyl (C=O) groups is 1. The van der Waals surface area contributed by atoms with Gasteiger partial charge in [-0.05, 0) is 54.4 Å². The normalized spacial score (nSPS) is 36.6. The molecule has 3 heteroatoms. The molecule has 26 heavy (non-hydrogen) atoms. The monoisotopic (exact) mass is 354 g/mol. The molecular formula is C23H34N2O. The summed E-state index contributed by atoms with van der Waals surface area (Å²) in [5.74, 6) is 1.06. The summed E-state index contributed by atoms with van der Waals surface area (Å²) >= 11 is 0. The number of hydrogen-bond donors (Lipinski definition) is 1. The van der Waals surface area contributed by atoms with Gasteiger partial charge in [-0.25, -0.2) is 0 Å². The smallest absolute Gasteiger partial charge is 0.228 e. The fourth-order valence-corrected chi connectivity index (χ4v) is 6.73. The van der Waals surface area contributed by atoms with Gasteiger partial charge in [0, 0.05) is 31.6 Å². The molecule has 1 aromatic carbocycles. The highest BCUT2D eigenvalue weighted by atomic mass is 16.2. The van der Waals surface area contributed by atoms with Gasteiger partial charge in [0.2, 0.25) is 5.91 Å². The van der Waals surface area contributed by atoms with Crippen molar-refractivity contribution in [2.75, 3.05) is 26.2 Å². The lowest BCUT2D eigenvalue weighted by atomic mass is 9.47. The second kappa shape index (κ2) is 6.37. The molecule has 3 unspecified atom stereocenters. The summed E-state index contributed by atoms with van der Waals surface area (Å²) < 4.78 is 0. The fourth-order valence-electron chi connectivity index (χ4n) is 6.73. The zero-order chi connectivity index (χ0) is 18.4. The first kappa shape index (κ1) is 18.0. The third-order valence-corrected chi connectivity index (χ3v) is 7.11. The van der Waals surface area contributed by atoms with Crippen molar-refractivity contribution in [1.29, 1.82) is 0 Å². The van der Waals surface area contributed by atoms with E-state index in [1.54, 1.807) is 0 Å². The Morgan fingerprint density at radius 2 is 1.69 bits per heavy atom. The molecule has 3 nitrogen and oxygen atoms in total. The highest BCUT2D eigenvalue weighted by Crippen LogP contribution is 2.61. The van der Waals surface area contributed by atoms with E-state index in [9.17, 15) is 4.79 Å². The van der Waals surface area contributed by atoms with Crippen molar-refractivity contribution in [2.24, 2.45) is 16.7 Å². The summed E-state index contributed by atoms with van der Waals surface area (Å²) in [5, 5.41) is 3.38. The molecule has 1 N–H and O–H groups in total. The van der Waals surface area contributed by atoms with E-state index >= 15 is 0 Å². The highest BCUT2D eigenvalue weighted by molar-refractivity contribution is 5.83. The standard InChI is InChI=1S/C23H34N2O/c1-21(2)13-18-14-22(3,20(26)25-11-9-24-10-12-25)17-23(15-18,16-21)19-7-5-4-6-8-19/h4-8,18,24H,9-17H2,1-3H3. The number of nitrogens with one attached hydrogen (secondary N) is 1. The number of fused-ring (bicyclic) bond motifs is 2. The number of rotatable bonds is 2. The number of carbonyl (C=O) groups excluding carboxylic acids is 1. The Bertz CT molecular complexity index is 664. The lowest BCUT2D eigenvalue weighted by molar-refractivity contribution is -0.149. The van der Waals surface area contributed by atoms with Crippen LogP contribution in [0.1, 0.15) is 58.4 Å². The second-order valence-corrected chi connectivity index (χ2v) is 10.2. The molecule has 3 atom stereocenters. The first-order chi connectivity index (χ1) is 12.3. The molecule has 2 bridgehead atoms. The van der Waals surface area contributed by atoms with Gasteiger partial charge in [-0.1, -0.05) is 51.1 Å². The van der Waals surface area contributed by atoms with E-state index in [1.165, 1.54) is 24.8 Å². The van der Waals surface area contributed by atoms with E-state index < -0.39 is 0 Å². The minimum absolute atomic E-state index is 0.157. The van der Waals surface area contributed by atoms with Crippen LogP contribution in [0.4, 0.5) is 0 Å². The Morgan fingerprint density at radius 1 is 1.00 bits per heavy atom. The maximum atomic E-state index is 13.5. The van der Waals surface area contributed by atoms with Gasteiger partial charge in [-0.2, -0.15) is 0 Å². The van der Waals surface area contributed by atoms with Crippen molar-refractivity contribution < 1.29 is 4.79 Å². The Labute approximate surface area is 158 Å². The number of piperazine rings is 1. The number of amides is 1. The third-order valence-electron chi connectivity index (χ3n) is 7.11. The number of nitrogens with zero attached hydrogens (tertiary/aromatic N) is 1. The van der Waals surface area contributed by atoms with E-state index in [0.717, 1.165) is 39.0 Å². The molecule has 1 heterocycles. The summed E-state index contributed by atoms with van der Waals surface area (Å²) in [6.45, 7) is 10.7. The van der Waals surface area contributed by atoms with Crippen LogP contribution < -0.4 is 5.32 Å². The Hall–Kier alpha value is -1.35. The van der Waals surface area contributed by atoms with Gasteiger partial charge in [0.05, 0.1) is 0 Å². The molecule has 142 valence electrons. The van der Waals surface area contributed by atoms with Gasteiger partial charge in [0.25, 0.3) is 0 Å². The largest absolute Gasteiger partial charge is 0.340 e. The van der Waals surface area contributed by atoms with Gasteiger partial charge in [-0.15, -0.1) is 0 Å². The van der Waals surface area contributed by atoms with Crippen molar-refractivity contribution in [1.82, 2.24) is 10.2 Å². The minimum Gasteiger partial charge on any atom is -0.340 e. The molecule has 3 fully saturated rings. The van der Waals surface area contributed by atoms with Gasteiger partial charge in [0.15, 0.2) is 0 Å². The van der Waals surface area contributed by atoms with E-state index in [0.29, 0.717) is 17.2 Å². The molecule has 1 amide bonds. The average Bonchev–Trinajstić information content (AvgIpc) is 2.60. The van der Waals surface area contributed by atoms with Crippen molar-refractivity contribution in [3.05, 3.63) is 35.9 Å². The predicted molar refractivity (Wildman–Crippen MR) is 106 cm³/mol. The van der Waals surface area contributed by atoms with Crippen LogP contribution in [0.15, 0.2) is 30.3 Å². The molecule has 0 aromatic heterocycles. The maximum absolute atomic E-state index is 13.5. The van der Waals surface area contributed by atoms with Crippen LogP contribution in [0.3, 0.4) is 0 Å². The third kappa shape index (κ3) is 3.19. The van der Waals surface area contributed by atoms with Crippen LogP contribution in [-0.4, -0.2) is 37.0 Å². The SMILES string of the molecule is CC1(C)CC2CC(C)(C(=O)N3CCNCC3)CC(c3ccccc3)(C2)C1. The molecule has 1 saturated heterocycles. The zero-order valence-electron chi connectivity index (χ0n) is 16.7. The molecule has 1 aromatic rings. The maximum Gasteiger partial charge on any atom is 0.228 e. The lowest BCUT2D eigenvalue weighted by Gasteiger charge is -2.57. The molecule has 3 aliphatic rings. The first-order valence-corrected chi connectivity index (χ1v) is 10.4. The fraction of sp³-hybridized carbons (Fsp3) is 0.696. The quantitative estimate of drug-likeness (QED) is 0.871.